The number of para-hydroxylation sites is 1. The third-order valence-electron chi connectivity index (χ3n) is 8.03. The van der Waals surface area contributed by atoms with Gasteiger partial charge in [0.1, 0.15) is 11.6 Å². The fourth-order valence-electron chi connectivity index (χ4n) is 5.64. The number of fused-ring (bicyclic) bond motifs is 1. The van der Waals surface area contributed by atoms with E-state index in [9.17, 15) is 0 Å². The zero-order valence-corrected chi connectivity index (χ0v) is 24.0. The molecule has 0 spiro atoms. The van der Waals surface area contributed by atoms with Gasteiger partial charge in [-0.05, 0) is 44.2 Å². The van der Waals surface area contributed by atoms with Crippen LogP contribution in [0.2, 0.25) is 0 Å². The molecule has 210 valence electrons. The zero-order chi connectivity index (χ0) is 27.2. The Hall–Kier alpha value is -3.14. The number of hydrogen-bond donors (Lipinski definition) is 2. The minimum Gasteiger partial charge on any atom is -0.496 e. The lowest BCUT2D eigenvalue weighted by molar-refractivity contribution is 0.158. The van der Waals surface area contributed by atoms with Crippen molar-refractivity contribution in [1.29, 1.82) is 0 Å². The molecule has 0 saturated carbocycles. The van der Waals surface area contributed by atoms with Crippen molar-refractivity contribution in [3.63, 3.8) is 0 Å². The number of ether oxygens (including phenoxy) is 1. The smallest absolute Gasteiger partial charge is 0.225 e. The van der Waals surface area contributed by atoms with Gasteiger partial charge in [0.25, 0.3) is 0 Å². The van der Waals surface area contributed by atoms with Crippen LogP contribution in [0.3, 0.4) is 0 Å². The molecule has 2 aliphatic rings. The highest BCUT2D eigenvalue weighted by Gasteiger charge is 2.23. The lowest BCUT2D eigenvalue weighted by atomic mass is 10.0. The number of anilines is 3. The number of piperidine rings is 1. The quantitative estimate of drug-likeness (QED) is 0.409. The SMILES string of the molecule is COc1cccc(N(C)C)c1CN1CCC(Nc2nc(NCCN3CCN(C)CC3)nc3ccccc23)CC1. The summed E-state index contributed by atoms with van der Waals surface area (Å²) in [6.45, 7) is 9.31. The molecule has 0 amide bonds. The summed E-state index contributed by atoms with van der Waals surface area (Å²) in [7, 11) is 8.14. The molecule has 2 saturated heterocycles. The molecule has 0 unspecified atom stereocenters. The van der Waals surface area contributed by atoms with Gasteiger partial charge in [0.15, 0.2) is 0 Å². The molecule has 2 aliphatic heterocycles. The third-order valence-corrected chi connectivity index (χ3v) is 8.03. The summed E-state index contributed by atoms with van der Waals surface area (Å²) >= 11 is 0. The Kier molecular flexibility index (Phi) is 9.01. The maximum absolute atomic E-state index is 5.71. The molecule has 9 heteroatoms. The van der Waals surface area contributed by atoms with Crippen molar-refractivity contribution < 1.29 is 4.74 Å². The van der Waals surface area contributed by atoms with Crippen LogP contribution in [-0.2, 0) is 6.54 Å². The second-order valence-corrected chi connectivity index (χ2v) is 11.0. The van der Waals surface area contributed by atoms with Gasteiger partial charge in [-0.15, -0.1) is 0 Å². The van der Waals surface area contributed by atoms with Crippen molar-refractivity contribution in [3.8, 4) is 5.75 Å². The Morgan fingerprint density at radius 2 is 1.69 bits per heavy atom. The van der Waals surface area contributed by atoms with Gasteiger partial charge in [-0.1, -0.05) is 18.2 Å². The van der Waals surface area contributed by atoms with Crippen molar-refractivity contribution >= 4 is 28.4 Å². The molecular weight excluding hydrogens is 488 g/mol. The molecule has 0 bridgehead atoms. The van der Waals surface area contributed by atoms with Crippen molar-refractivity contribution in [2.75, 3.05) is 96.1 Å². The fraction of sp³-hybridized carbons (Fsp3) is 0.533. The highest BCUT2D eigenvalue weighted by atomic mass is 16.5. The first-order chi connectivity index (χ1) is 19.0. The molecule has 9 nitrogen and oxygen atoms in total. The van der Waals surface area contributed by atoms with Crippen LogP contribution < -0.4 is 20.3 Å². The van der Waals surface area contributed by atoms with Crippen LogP contribution in [0.15, 0.2) is 42.5 Å². The maximum atomic E-state index is 5.71. The van der Waals surface area contributed by atoms with Crippen molar-refractivity contribution in [2.45, 2.75) is 25.4 Å². The van der Waals surface area contributed by atoms with Gasteiger partial charge in [0.2, 0.25) is 5.95 Å². The Bertz CT molecular complexity index is 1220. The summed E-state index contributed by atoms with van der Waals surface area (Å²) < 4.78 is 5.71. The first-order valence-electron chi connectivity index (χ1n) is 14.2. The van der Waals surface area contributed by atoms with Crippen LogP contribution in [0.5, 0.6) is 5.75 Å². The van der Waals surface area contributed by atoms with Crippen LogP contribution in [-0.4, -0.2) is 111 Å². The van der Waals surface area contributed by atoms with E-state index in [1.165, 1.54) is 11.3 Å². The van der Waals surface area contributed by atoms with Crippen LogP contribution in [0.4, 0.5) is 17.5 Å². The number of piperazine rings is 1. The Morgan fingerprint density at radius 1 is 0.923 bits per heavy atom. The average molecular weight is 533 g/mol. The van der Waals surface area contributed by atoms with Gasteiger partial charge < -0.3 is 25.2 Å². The number of rotatable bonds is 10. The van der Waals surface area contributed by atoms with Gasteiger partial charge in [-0.25, -0.2) is 4.98 Å². The van der Waals surface area contributed by atoms with E-state index in [1.807, 2.05) is 6.07 Å². The first-order valence-corrected chi connectivity index (χ1v) is 14.2. The summed E-state index contributed by atoms with van der Waals surface area (Å²) in [5.41, 5.74) is 3.45. The second kappa shape index (κ2) is 12.8. The number of likely N-dealkylation sites (tertiary alicyclic amines) is 1. The molecule has 2 aromatic carbocycles. The van der Waals surface area contributed by atoms with Crippen LogP contribution in [0.25, 0.3) is 10.9 Å². The summed E-state index contributed by atoms with van der Waals surface area (Å²) in [5.74, 6) is 2.59. The van der Waals surface area contributed by atoms with E-state index < -0.39 is 0 Å². The largest absolute Gasteiger partial charge is 0.496 e. The number of methoxy groups -OCH3 is 1. The second-order valence-electron chi connectivity index (χ2n) is 11.0. The lowest BCUT2D eigenvalue weighted by Gasteiger charge is -2.34. The molecule has 2 N–H and O–H groups in total. The van der Waals surface area contributed by atoms with Gasteiger partial charge in [0, 0.05) is 95.7 Å². The monoisotopic (exact) mass is 532 g/mol. The van der Waals surface area contributed by atoms with Crippen molar-refractivity contribution in [3.05, 3.63) is 48.0 Å². The normalized spacial score (nSPS) is 17.8. The fourth-order valence-corrected chi connectivity index (χ4v) is 5.64. The molecule has 0 radical (unpaired) electrons. The number of likely N-dealkylation sites (N-methyl/N-ethyl adjacent to an activating group) is 1. The molecule has 1 aromatic heterocycles. The number of benzene rings is 2. The molecule has 5 rings (SSSR count). The van der Waals surface area contributed by atoms with Gasteiger partial charge in [0.05, 0.1) is 12.6 Å². The Balaban J connectivity index is 1.20. The molecule has 3 aromatic rings. The number of aromatic nitrogens is 2. The van der Waals surface area contributed by atoms with E-state index in [0.29, 0.717) is 12.0 Å². The average Bonchev–Trinajstić information content (AvgIpc) is 2.95. The number of nitrogens with zero attached hydrogens (tertiary/aromatic N) is 6. The van der Waals surface area contributed by atoms with Crippen LogP contribution in [0.1, 0.15) is 18.4 Å². The summed E-state index contributed by atoms with van der Waals surface area (Å²) in [6, 6.07) is 15.0. The Labute approximate surface area is 233 Å². The highest BCUT2D eigenvalue weighted by Crippen LogP contribution is 2.31. The van der Waals surface area contributed by atoms with E-state index in [2.05, 4.69) is 87.8 Å². The van der Waals surface area contributed by atoms with E-state index in [0.717, 1.165) is 94.2 Å². The van der Waals surface area contributed by atoms with E-state index >= 15 is 0 Å². The van der Waals surface area contributed by atoms with Gasteiger partial charge >= 0.3 is 0 Å². The Morgan fingerprint density at radius 3 is 2.44 bits per heavy atom. The molecule has 0 aliphatic carbocycles. The standard InChI is InChI=1S/C30H44N8O/c1-35(2)27-10-7-11-28(39-4)25(27)22-38-15-12-23(13-16-38)32-29-24-8-5-6-9-26(24)33-30(34-29)31-14-17-37-20-18-36(3)19-21-37/h5-11,23H,12-22H2,1-4H3,(H2,31,32,33,34). The van der Waals surface area contributed by atoms with E-state index in [-0.39, 0.29) is 0 Å². The summed E-state index contributed by atoms with van der Waals surface area (Å²) in [6.07, 6.45) is 2.13. The molecule has 2 fully saturated rings. The minimum absolute atomic E-state index is 0.378. The van der Waals surface area contributed by atoms with E-state index in [4.69, 9.17) is 14.7 Å². The van der Waals surface area contributed by atoms with Gasteiger partial charge in [-0.2, -0.15) is 4.98 Å². The number of nitrogens with one attached hydrogen (secondary N) is 2. The van der Waals surface area contributed by atoms with Gasteiger partial charge in [-0.3, -0.25) is 9.80 Å². The topological polar surface area (TPSA) is 72.0 Å². The molecule has 39 heavy (non-hydrogen) atoms. The summed E-state index contributed by atoms with van der Waals surface area (Å²) in [4.78, 5) is 19.3. The van der Waals surface area contributed by atoms with Crippen molar-refractivity contribution in [2.24, 2.45) is 0 Å². The predicted octanol–water partition coefficient (Wildman–Crippen LogP) is 3.44. The van der Waals surface area contributed by atoms with E-state index in [1.54, 1.807) is 7.11 Å². The predicted molar refractivity (Wildman–Crippen MR) is 161 cm³/mol. The summed E-state index contributed by atoms with van der Waals surface area (Å²) in [5, 5.41) is 8.35. The molecular formula is C30H44N8O. The highest BCUT2D eigenvalue weighted by molar-refractivity contribution is 5.90. The third kappa shape index (κ3) is 6.90. The van der Waals surface area contributed by atoms with Crippen LogP contribution >= 0.6 is 0 Å². The zero-order valence-electron chi connectivity index (χ0n) is 24.0. The number of hydrogen-bond acceptors (Lipinski definition) is 9. The lowest BCUT2D eigenvalue weighted by Crippen LogP contribution is -2.45. The van der Waals surface area contributed by atoms with Crippen molar-refractivity contribution in [1.82, 2.24) is 24.7 Å². The molecule has 3 heterocycles. The first kappa shape index (κ1) is 27.4. The molecule has 0 atom stereocenters. The minimum atomic E-state index is 0.378. The maximum Gasteiger partial charge on any atom is 0.225 e. The van der Waals surface area contributed by atoms with Crippen LogP contribution in [0, 0.1) is 0 Å².